The summed E-state index contributed by atoms with van der Waals surface area (Å²) in [5.74, 6) is 0. The number of nitrogens with one attached hydrogen (secondary N) is 1. The van der Waals surface area contributed by atoms with Gasteiger partial charge in [-0.25, -0.2) is 0 Å². The first-order chi connectivity index (χ1) is 8.64. The first kappa shape index (κ1) is 15.2. The molecule has 0 bridgehead atoms. The molecule has 0 atom stereocenters. The summed E-state index contributed by atoms with van der Waals surface area (Å²) in [7, 11) is 0. The number of rotatable bonds is 8. The van der Waals surface area contributed by atoms with Crippen LogP contribution in [0.5, 0.6) is 0 Å². The summed E-state index contributed by atoms with van der Waals surface area (Å²) in [5, 5.41) is 12.4. The van der Waals surface area contributed by atoms with Gasteiger partial charge in [0.2, 0.25) is 0 Å². The molecule has 0 aromatic heterocycles. The number of hydrogen-bond donors (Lipinski definition) is 1. The molecule has 1 rings (SSSR count). The standard InChI is InChI=1S/C16H28N2/c1-16(2,14-17)11-6-7-12-18-13-10-15-8-4-3-5-9-15/h8,18H,3-7,9-13H2,1-2H3. The first-order valence-corrected chi connectivity index (χ1v) is 7.44. The van der Waals surface area contributed by atoms with E-state index in [0.29, 0.717) is 0 Å². The minimum atomic E-state index is -0.146. The maximum absolute atomic E-state index is 8.91. The molecule has 102 valence electrons. The fraction of sp³-hybridized carbons (Fsp3) is 0.812. The zero-order valence-electron chi connectivity index (χ0n) is 12.1. The molecule has 0 aromatic carbocycles. The van der Waals surface area contributed by atoms with E-state index < -0.39 is 0 Å². The molecule has 0 spiro atoms. The van der Waals surface area contributed by atoms with Gasteiger partial charge < -0.3 is 5.32 Å². The Morgan fingerprint density at radius 1 is 1.28 bits per heavy atom. The van der Waals surface area contributed by atoms with Crippen LogP contribution in [-0.4, -0.2) is 13.1 Å². The fourth-order valence-electron chi connectivity index (χ4n) is 2.38. The average molecular weight is 248 g/mol. The van der Waals surface area contributed by atoms with Gasteiger partial charge in [0.1, 0.15) is 0 Å². The third-order valence-electron chi connectivity index (χ3n) is 3.72. The van der Waals surface area contributed by atoms with Crippen molar-refractivity contribution in [2.45, 2.75) is 65.2 Å². The monoisotopic (exact) mass is 248 g/mol. The molecule has 1 N–H and O–H groups in total. The Labute approximate surface area is 112 Å². The van der Waals surface area contributed by atoms with Crippen molar-refractivity contribution in [3.05, 3.63) is 11.6 Å². The summed E-state index contributed by atoms with van der Waals surface area (Å²) in [6.07, 6.45) is 12.4. The second kappa shape index (κ2) is 8.32. The lowest BCUT2D eigenvalue weighted by Gasteiger charge is -2.15. The highest BCUT2D eigenvalue weighted by atomic mass is 14.8. The van der Waals surface area contributed by atoms with Crippen LogP contribution in [-0.2, 0) is 0 Å². The van der Waals surface area contributed by atoms with Gasteiger partial charge in [0.15, 0.2) is 0 Å². The molecule has 0 radical (unpaired) electrons. The summed E-state index contributed by atoms with van der Waals surface area (Å²) in [6, 6.07) is 2.36. The number of nitrogens with zero attached hydrogens (tertiary/aromatic N) is 1. The molecule has 1 aliphatic rings. The Morgan fingerprint density at radius 3 is 2.78 bits per heavy atom. The van der Waals surface area contributed by atoms with Crippen molar-refractivity contribution < 1.29 is 0 Å². The van der Waals surface area contributed by atoms with Crippen molar-refractivity contribution in [3.8, 4) is 6.07 Å². The molecule has 0 aliphatic heterocycles. The number of allylic oxidation sites excluding steroid dienone is 1. The highest BCUT2D eigenvalue weighted by Gasteiger charge is 2.15. The molecular weight excluding hydrogens is 220 g/mol. The molecule has 0 saturated carbocycles. The van der Waals surface area contributed by atoms with E-state index in [9.17, 15) is 0 Å². The van der Waals surface area contributed by atoms with Crippen LogP contribution in [0.4, 0.5) is 0 Å². The lowest BCUT2D eigenvalue weighted by molar-refractivity contribution is 0.422. The van der Waals surface area contributed by atoms with Crippen LogP contribution in [0.3, 0.4) is 0 Å². The van der Waals surface area contributed by atoms with Crippen molar-refractivity contribution >= 4 is 0 Å². The molecule has 0 heterocycles. The normalized spacial score (nSPS) is 16.2. The zero-order valence-corrected chi connectivity index (χ0v) is 12.1. The van der Waals surface area contributed by atoms with Crippen molar-refractivity contribution in [3.63, 3.8) is 0 Å². The second-order valence-electron chi connectivity index (χ2n) is 6.06. The lowest BCUT2D eigenvalue weighted by Crippen LogP contribution is -2.18. The highest BCUT2D eigenvalue weighted by molar-refractivity contribution is 5.05. The number of hydrogen-bond acceptors (Lipinski definition) is 2. The maximum atomic E-state index is 8.91. The topological polar surface area (TPSA) is 35.8 Å². The maximum Gasteiger partial charge on any atom is 0.0683 e. The van der Waals surface area contributed by atoms with Crippen LogP contribution in [0.1, 0.15) is 65.2 Å². The quantitative estimate of drug-likeness (QED) is 0.516. The van der Waals surface area contributed by atoms with E-state index in [2.05, 4.69) is 17.5 Å². The molecule has 0 amide bonds. The SMILES string of the molecule is CC(C)(C#N)CCCCNCCC1=CCCCC1. The third kappa shape index (κ3) is 6.81. The Kier molecular flexibility index (Phi) is 7.05. The van der Waals surface area contributed by atoms with Crippen LogP contribution >= 0.6 is 0 Å². The molecular formula is C16H28N2. The van der Waals surface area contributed by atoms with Crippen molar-refractivity contribution in [1.29, 1.82) is 5.26 Å². The molecule has 0 aromatic rings. The minimum absolute atomic E-state index is 0.146. The van der Waals surface area contributed by atoms with Gasteiger partial charge in [0, 0.05) is 0 Å². The smallest absolute Gasteiger partial charge is 0.0683 e. The molecule has 2 nitrogen and oxygen atoms in total. The van der Waals surface area contributed by atoms with Crippen LogP contribution in [0.15, 0.2) is 11.6 Å². The zero-order chi connectivity index (χ0) is 13.3. The van der Waals surface area contributed by atoms with E-state index in [1.165, 1.54) is 38.5 Å². The Hall–Kier alpha value is -0.810. The van der Waals surface area contributed by atoms with E-state index >= 15 is 0 Å². The van der Waals surface area contributed by atoms with Gasteiger partial charge in [0.25, 0.3) is 0 Å². The van der Waals surface area contributed by atoms with Gasteiger partial charge in [-0.05, 0) is 71.9 Å². The van der Waals surface area contributed by atoms with Gasteiger partial charge in [0.05, 0.1) is 11.5 Å². The van der Waals surface area contributed by atoms with Crippen LogP contribution in [0.25, 0.3) is 0 Å². The first-order valence-electron chi connectivity index (χ1n) is 7.44. The van der Waals surface area contributed by atoms with Gasteiger partial charge in [-0.2, -0.15) is 5.26 Å². The predicted molar refractivity (Wildman–Crippen MR) is 77.3 cm³/mol. The Bertz CT molecular complexity index is 297. The second-order valence-corrected chi connectivity index (χ2v) is 6.06. The summed E-state index contributed by atoms with van der Waals surface area (Å²) < 4.78 is 0. The highest BCUT2D eigenvalue weighted by Crippen LogP contribution is 2.21. The fourth-order valence-corrected chi connectivity index (χ4v) is 2.38. The van der Waals surface area contributed by atoms with Gasteiger partial charge in [-0.15, -0.1) is 0 Å². The van der Waals surface area contributed by atoms with Crippen molar-refractivity contribution in [2.24, 2.45) is 5.41 Å². The minimum Gasteiger partial charge on any atom is -0.316 e. The van der Waals surface area contributed by atoms with Gasteiger partial charge in [-0.1, -0.05) is 18.1 Å². The van der Waals surface area contributed by atoms with E-state index in [-0.39, 0.29) is 5.41 Å². The van der Waals surface area contributed by atoms with E-state index in [4.69, 9.17) is 5.26 Å². The largest absolute Gasteiger partial charge is 0.316 e. The van der Waals surface area contributed by atoms with E-state index in [1.54, 1.807) is 5.57 Å². The van der Waals surface area contributed by atoms with Gasteiger partial charge >= 0.3 is 0 Å². The van der Waals surface area contributed by atoms with Crippen LogP contribution < -0.4 is 5.32 Å². The van der Waals surface area contributed by atoms with Crippen molar-refractivity contribution in [1.82, 2.24) is 5.32 Å². The van der Waals surface area contributed by atoms with Crippen molar-refractivity contribution in [2.75, 3.05) is 13.1 Å². The Balaban J connectivity index is 1.93. The molecule has 2 heteroatoms. The van der Waals surface area contributed by atoms with Gasteiger partial charge in [-0.3, -0.25) is 0 Å². The molecule has 0 saturated heterocycles. The van der Waals surface area contributed by atoms with Crippen LogP contribution in [0, 0.1) is 16.7 Å². The molecule has 0 fully saturated rings. The summed E-state index contributed by atoms with van der Waals surface area (Å²) in [6.45, 7) is 6.26. The summed E-state index contributed by atoms with van der Waals surface area (Å²) >= 11 is 0. The molecule has 0 unspecified atom stereocenters. The van der Waals surface area contributed by atoms with E-state index in [1.807, 2.05) is 13.8 Å². The Morgan fingerprint density at radius 2 is 2.11 bits per heavy atom. The van der Waals surface area contributed by atoms with Crippen LogP contribution in [0.2, 0.25) is 0 Å². The molecule has 18 heavy (non-hydrogen) atoms. The summed E-state index contributed by atoms with van der Waals surface area (Å²) in [5.41, 5.74) is 1.51. The van der Waals surface area contributed by atoms with E-state index in [0.717, 1.165) is 25.9 Å². The number of unbranched alkanes of at least 4 members (excludes halogenated alkanes) is 1. The number of nitriles is 1. The third-order valence-corrected chi connectivity index (χ3v) is 3.72. The predicted octanol–water partition coefficient (Wildman–Crippen LogP) is 4.19. The molecule has 1 aliphatic carbocycles. The summed E-state index contributed by atoms with van der Waals surface area (Å²) in [4.78, 5) is 0. The average Bonchev–Trinajstić information content (AvgIpc) is 2.39. The lowest BCUT2D eigenvalue weighted by atomic mass is 9.89.